The van der Waals surface area contributed by atoms with E-state index in [0.29, 0.717) is 0 Å². The van der Waals surface area contributed by atoms with E-state index in [4.69, 9.17) is 10.9 Å². The van der Waals surface area contributed by atoms with Crippen LogP contribution in [0.25, 0.3) is 0 Å². The van der Waals surface area contributed by atoms with Gasteiger partial charge in [-0.3, -0.25) is 0 Å². The Morgan fingerprint density at radius 3 is 2.40 bits per heavy atom. The van der Waals surface area contributed by atoms with Crippen LogP contribution >= 0.6 is 0 Å². The number of oxime groups is 1. The van der Waals surface area contributed by atoms with Crippen LogP contribution in [-0.4, -0.2) is 23.6 Å². The van der Waals surface area contributed by atoms with Crippen LogP contribution in [0.1, 0.15) is 12.0 Å². The van der Waals surface area contributed by atoms with Gasteiger partial charge in [0, 0.05) is 18.7 Å². The number of carbonyl (C=O) groups excluding carboxylic acids is 1. The summed E-state index contributed by atoms with van der Waals surface area (Å²) < 4.78 is 36.9. The number of amides is 2. The fourth-order valence-electron chi connectivity index (χ4n) is 1.27. The van der Waals surface area contributed by atoms with Crippen molar-refractivity contribution in [2.24, 2.45) is 10.9 Å². The summed E-state index contributed by atoms with van der Waals surface area (Å²) >= 11 is 0. The summed E-state index contributed by atoms with van der Waals surface area (Å²) in [5, 5.41) is 15.7. The second kappa shape index (κ2) is 6.64. The molecule has 2 amide bonds. The Morgan fingerprint density at radius 1 is 1.30 bits per heavy atom. The maximum atomic E-state index is 12.3. The SMILES string of the molecule is NC(CCNC(=O)Nc1ccc(C(F)(F)F)cc1)=NO. The van der Waals surface area contributed by atoms with Gasteiger partial charge in [-0.05, 0) is 24.3 Å². The van der Waals surface area contributed by atoms with Crippen molar-refractivity contribution in [3.63, 3.8) is 0 Å². The largest absolute Gasteiger partial charge is 0.416 e. The third-order valence-corrected chi connectivity index (χ3v) is 2.27. The molecule has 9 heteroatoms. The van der Waals surface area contributed by atoms with Crippen LogP contribution in [0, 0.1) is 0 Å². The number of hydrogen-bond acceptors (Lipinski definition) is 3. The van der Waals surface area contributed by atoms with Gasteiger partial charge in [0.1, 0.15) is 5.84 Å². The molecule has 1 aromatic rings. The van der Waals surface area contributed by atoms with E-state index < -0.39 is 17.8 Å². The first-order valence-corrected chi connectivity index (χ1v) is 5.51. The Kier molecular flexibility index (Phi) is 5.18. The third kappa shape index (κ3) is 5.04. The van der Waals surface area contributed by atoms with Crippen molar-refractivity contribution in [3.8, 4) is 0 Å². The Hall–Kier alpha value is -2.45. The van der Waals surface area contributed by atoms with E-state index in [1.807, 2.05) is 0 Å². The summed E-state index contributed by atoms with van der Waals surface area (Å²) in [6.07, 6.45) is -4.27. The van der Waals surface area contributed by atoms with Gasteiger partial charge in [-0.25, -0.2) is 4.79 Å². The van der Waals surface area contributed by atoms with Crippen LogP contribution in [0.3, 0.4) is 0 Å². The van der Waals surface area contributed by atoms with Gasteiger partial charge >= 0.3 is 12.2 Å². The van der Waals surface area contributed by atoms with E-state index in [2.05, 4.69) is 15.8 Å². The molecule has 0 spiro atoms. The monoisotopic (exact) mass is 290 g/mol. The Balaban J connectivity index is 2.46. The zero-order valence-electron chi connectivity index (χ0n) is 10.2. The molecular weight excluding hydrogens is 277 g/mol. The van der Waals surface area contributed by atoms with Crippen molar-refractivity contribution in [1.82, 2.24) is 5.32 Å². The van der Waals surface area contributed by atoms with E-state index in [1.165, 1.54) is 0 Å². The van der Waals surface area contributed by atoms with Crippen molar-refractivity contribution in [3.05, 3.63) is 29.8 Å². The first kappa shape index (κ1) is 15.6. The molecule has 6 nitrogen and oxygen atoms in total. The predicted molar refractivity (Wildman–Crippen MR) is 66.5 cm³/mol. The highest BCUT2D eigenvalue weighted by Crippen LogP contribution is 2.29. The number of nitrogens with two attached hydrogens (primary N) is 1. The number of amidine groups is 1. The first-order valence-electron chi connectivity index (χ1n) is 5.51. The molecule has 1 aromatic carbocycles. The molecule has 0 aliphatic heterocycles. The van der Waals surface area contributed by atoms with Crippen LogP contribution in [0.4, 0.5) is 23.7 Å². The molecule has 5 N–H and O–H groups in total. The second-order valence-electron chi connectivity index (χ2n) is 3.80. The van der Waals surface area contributed by atoms with Crippen LogP contribution in [0.5, 0.6) is 0 Å². The second-order valence-corrected chi connectivity index (χ2v) is 3.80. The van der Waals surface area contributed by atoms with E-state index >= 15 is 0 Å². The van der Waals surface area contributed by atoms with Gasteiger partial charge in [0.15, 0.2) is 0 Å². The first-order chi connectivity index (χ1) is 9.32. The molecule has 0 aliphatic rings. The fraction of sp³-hybridized carbons (Fsp3) is 0.273. The van der Waals surface area contributed by atoms with Crippen LogP contribution in [0.2, 0.25) is 0 Å². The highest BCUT2D eigenvalue weighted by Gasteiger charge is 2.29. The zero-order valence-corrected chi connectivity index (χ0v) is 10.2. The molecule has 0 radical (unpaired) electrons. The van der Waals surface area contributed by atoms with Crippen molar-refractivity contribution in [2.45, 2.75) is 12.6 Å². The molecule has 0 aromatic heterocycles. The van der Waals surface area contributed by atoms with Crippen molar-refractivity contribution in [1.29, 1.82) is 0 Å². The number of rotatable bonds is 4. The molecule has 0 heterocycles. The van der Waals surface area contributed by atoms with Crippen molar-refractivity contribution < 1.29 is 23.2 Å². The molecule has 0 aliphatic carbocycles. The van der Waals surface area contributed by atoms with Gasteiger partial charge in [0.25, 0.3) is 0 Å². The summed E-state index contributed by atoms with van der Waals surface area (Å²) in [6.45, 7) is 0.127. The van der Waals surface area contributed by atoms with E-state index in [9.17, 15) is 18.0 Å². The molecule has 20 heavy (non-hydrogen) atoms. The lowest BCUT2D eigenvalue weighted by Crippen LogP contribution is -2.31. The Labute approximate surface area is 112 Å². The average molecular weight is 290 g/mol. The fourth-order valence-corrected chi connectivity index (χ4v) is 1.27. The third-order valence-electron chi connectivity index (χ3n) is 2.27. The van der Waals surface area contributed by atoms with Crippen molar-refractivity contribution in [2.75, 3.05) is 11.9 Å². The maximum Gasteiger partial charge on any atom is 0.416 e. The number of benzene rings is 1. The molecule has 110 valence electrons. The number of hydrogen-bond donors (Lipinski definition) is 4. The molecule has 0 unspecified atom stereocenters. The highest BCUT2D eigenvalue weighted by atomic mass is 19.4. The number of nitrogens with one attached hydrogen (secondary N) is 2. The highest BCUT2D eigenvalue weighted by molar-refractivity contribution is 5.89. The molecule has 0 saturated carbocycles. The van der Waals surface area contributed by atoms with Crippen LogP contribution in [-0.2, 0) is 6.18 Å². The number of carbonyl (C=O) groups is 1. The normalized spacial score (nSPS) is 12.1. The maximum absolute atomic E-state index is 12.3. The van der Waals surface area contributed by atoms with E-state index in [-0.39, 0.29) is 24.5 Å². The van der Waals surface area contributed by atoms with Gasteiger partial charge in [0.2, 0.25) is 0 Å². The number of anilines is 1. The van der Waals surface area contributed by atoms with Crippen LogP contribution < -0.4 is 16.4 Å². The van der Waals surface area contributed by atoms with Gasteiger partial charge in [0.05, 0.1) is 5.56 Å². The van der Waals surface area contributed by atoms with Crippen LogP contribution in [0.15, 0.2) is 29.4 Å². The molecule has 0 bridgehead atoms. The molecule has 0 atom stereocenters. The average Bonchev–Trinajstić information content (AvgIpc) is 2.38. The summed E-state index contributed by atoms with van der Waals surface area (Å²) in [4.78, 5) is 11.4. The summed E-state index contributed by atoms with van der Waals surface area (Å²) in [5.74, 6) is -0.0418. The van der Waals surface area contributed by atoms with Gasteiger partial charge in [-0.1, -0.05) is 5.16 Å². The molecule has 0 fully saturated rings. The minimum Gasteiger partial charge on any atom is -0.409 e. The lowest BCUT2D eigenvalue weighted by Gasteiger charge is -2.09. The summed E-state index contributed by atoms with van der Waals surface area (Å²) in [7, 11) is 0. The summed E-state index contributed by atoms with van der Waals surface area (Å²) in [6, 6.07) is 3.42. The Bertz CT molecular complexity index is 485. The number of urea groups is 1. The van der Waals surface area contributed by atoms with Gasteiger partial charge < -0.3 is 21.6 Å². The lowest BCUT2D eigenvalue weighted by atomic mass is 10.2. The predicted octanol–water partition coefficient (Wildman–Crippen LogP) is 1.96. The minimum atomic E-state index is -4.41. The molecule has 1 rings (SSSR count). The van der Waals surface area contributed by atoms with Gasteiger partial charge in [-0.15, -0.1) is 0 Å². The Morgan fingerprint density at radius 2 is 1.90 bits per heavy atom. The quantitative estimate of drug-likeness (QED) is 0.295. The molecule has 0 saturated heterocycles. The number of halogens is 3. The standard InChI is InChI=1S/C11H13F3N4O2/c12-11(13,14)7-1-3-8(4-2-7)17-10(19)16-6-5-9(15)18-20/h1-4,20H,5-6H2,(H2,15,18)(H2,16,17,19). The van der Waals surface area contributed by atoms with E-state index in [1.54, 1.807) is 0 Å². The topological polar surface area (TPSA) is 99.7 Å². The smallest absolute Gasteiger partial charge is 0.409 e. The van der Waals surface area contributed by atoms with Crippen molar-refractivity contribution >= 4 is 17.6 Å². The lowest BCUT2D eigenvalue weighted by molar-refractivity contribution is -0.137. The summed E-state index contributed by atoms with van der Waals surface area (Å²) in [5.41, 5.74) is 4.62. The molecular formula is C11H13F3N4O2. The number of alkyl halides is 3. The number of nitrogens with zero attached hydrogens (tertiary/aromatic N) is 1. The van der Waals surface area contributed by atoms with Gasteiger partial charge in [-0.2, -0.15) is 13.2 Å². The van der Waals surface area contributed by atoms with E-state index in [0.717, 1.165) is 24.3 Å². The zero-order chi connectivity index (χ0) is 15.2. The minimum absolute atomic E-state index is 0.0418.